The van der Waals surface area contributed by atoms with Crippen molar-refractivity contribution in [3.05, 3.63) is 231 Å². The summed E-state index contributed by atoms with van der Waals surface area (Å²) < 4.78 is 6.86. The summed E-state index contributed by atoms with van der Waals surface area (Å²) in [4.78, 5) is 21.5. The maximum Gasteiger partial charge on any atom is 0.164 e. The van der Waals surface area contributed by atoms with Crippen molar-refractivity contribution in [3.63, 3.8) is 0 Å². The van der Waals surface area contributed by atoms with Gasteiger partial charge in [0.1, 0.15) is 11.2 Å². The highest BCUT2D eigenvalue weighted by molar-refractivity contribution is 6.29. The summed E-state index contributed by atoms with van der Waals surface area (Å²) in [5.41, 5.74) is 9.34. The first kappa shape index (κ1) is 39.4. The van der Waals surface area contributed by atoms with Crippen molar-refractivity contribution in [2.24, 2.45) is 0 Å². The van der Waals surface area contributed by atoms with E-state index in [2.05, 4.69) is 224 Å². The Hall–Kier alpha value is -9.58. The van der Waals surface area contributed by atoms with Crippen LogP contribution in [0.5, 0.6) is 0 Å². The van der Waals surface area contributed by atoms with Gasteiger partial charge >= 0.3 is 0 Å². The molecule has 0 atom stereocenters. The fourth-order valence-corrected chi connectivity index (χ4v) is 11.3. The number of aromatic nitrogens is 4. The Morgan fingerprint density at radius 1 is 0.268 bits per heavy atom. The number of hydrogen-bond donors (Lipinski definition) is 0. The number of benzene rings is 12. The SMILES string of the molecule is c1cc(-c2nc(-c3cccc4ccccc34)nc(-c3cccc4ccccc34)n2)cc(-c2c3c(cc4c(-c5ccc6c7ccccc7c7ccccc7c6c5)nc5ccccc5c24)oc2ccccc23)c1. The first-order valence-corrected chi connectivity index (χ1v) is 24.0. The first-order chi connectivity index (χ1) is 35.2. The number of fused-ring (bicyclic) bond motifs is 14. The zero-order valence-corrected chi connectivity index (χ0v) is 38.1. The van der Waals surface area contributed by atoms with Crippen molar-refractivity contribution >= 4 is 97.5 Å². The lowest BCUT2D eigenvalue weighted by molar-refractivity contribution is 0.669. The van der Waals surface area contributed by atoms with Crippen molar-refractivity contribution in [1.82, 2.24) is 19.9 Å². The summed E-state index contributed by atoms with van der Waals surface area (Å²) in [7, 11) is 0. The van der Waals surface area contributed by atoms with E-state index in [1.165, 1.54) is 32.3 Å². The molecule has 0 spiro atoms. The van der Waals surface area contributed by atoms with Gasteiger partial charge in [0.2, 0.25) is 0 Å². The van der Waals surface area contributed by atoms with Crippen molar-refractivity contribution < 1.29 is 4.42 Å². The maximum absolute atomic E-state index is 6.86. The molecule has 0 aliphatic carbocycles. The van der Waals surface area contributed by atoms with Crippen LogP contribution < -0.4 is 0 Å². The van der Waals surface area contributed by atoms with Crippen molar-refractivity contribution in [2.45, 2.75) is 0 Å². The molecule has 12 aromatic carbocycles. The molecule has 328 valence electrons. The van der Waals surface area contributed by atoms with Crippen LogP contribution in [0.25, 0.3) is 154 Å². The fraction of sp³-hybridized carbons (Fsp3) is 0. The lowest BCUT2D eigenvalue weighted by Crippen LogP contribution is -2.01. The second kappa shape index (κ2) is 15.5. The van der Waals surface area contributed by atoms with Crippen LogP contribution in [0, 0.1) is 0 Å². The Morgan fingerprint density at radius 2 is 0.775 bits per heavy atom. The maximum atomic E-state index is 6.86. The average molecular weight is 903 g/mol. The van der Waals surface area contributed by atoms with Gasteiger partial charge in [-0.2, -0.15) is 0 Å². The van der Waals surface area contributed by atoms with Gasteiger partial charge < -0.3 is 4.42 Å². The molecule has 3 heterocycles. The molecule has 5 nitrogen and oxygen atoms in total. The normalized spacial score (nSPS) is 11.9. The molecule has 0 N–H and O–H groups in total. The van der Waals surface area contributed by atoms with Crippen LogP contribution >= 0.6 is 0 Å². The van der Waals surface area contributed by atoms with Gasteiger partial charge in [-0.05, 0) is 89.8 Å². The largest absolute Gasteiger partial charge is 0.456 e. The third-order valence-electron chi connectivity index (χ3n) is 14.5. The quantitative estimate of drug-likeness (QED) is 0.161. The molecule has 0 saturated carbocycles. The molecule has 0 unspecified atom stereocenters. The van der Waals surface area contributed by atoms with Crippen LogP contribution in [0.1, 0.15) is 0 Å². The molecular weight excluding hydrogens is 865 g/mol. The van der Waals surface area contributed by atoms with E-state index in [9.17, 15) is 0 Å². The predicted molar refractivity (Wildman–Crippen MR) is 295 cm³/mol. The van der Waals surface area contributed by atoms with Crippen LogP contribution in [-0.4, -0.2) is 19.9 Å². The van der Waals surface area contributed by atoms with Gasteiger partial charge in [0.05, 0.1) is 11.2 Å². The number of rotatable bonds is 5. The third kappa shape index (κ3) is 6.13. The molecule has 71 heavy (non-hydrogen) atoms. The van der Waals surface area contributed by atoms with Crippen LogP contribution in [0.15, 0.2) is 235 Å². The van der Waals surface area contributed by atoms with Crippen molar-refractivity contribution in [3.8, 4) is 56.5 Å². The van der Waals surface area contributed by atoms with E-state index in [1.54, 1.807) is 0 Å². The summed E-state index contributed by atoms with van der Waals surface area (Å²) in [6.07, 6.45) is 0. The molecule has 0 amide bonds. The Morgan fingerprint density at radius 3 is 1.45 bits per heavy atom. The van der Waals surface area contributed by atoms with Crippen molar-refractivity contribution in [1.29, 1.82) is 0 Å². The number of furan rings is 1. The summed E-state index contributed by atoms with van der Waals surface area (Å²) in [6.45, 7) is 0. The topological polar surface area (TPSA) is 64.7 Å². The molecule has 15 aromatic rings. The summed E-state index contributed by atoms with van der Waals surface area (Å²) in [5, 5.41) is 17.1. The zero-order valence-electron chi connectivity index (χ0n) is 38.1. The molecule has 0 fully saturated rings. The van der Waals surface area contributed by atoms with Crippen molar-refractivity contribution in [2.75, 3.05) is 0 Å². The van der Waals surface area contributed by atoms with Gasteiger partial charge in [-0.25, -0.2) is 19.9 Å². The monoisotopic (exact) mass is 902 g/mol. The van der Waals surface area contributed by atoms with E-state index in [1.807, 2.05) is 6.07 Å². The highest BCUT2D eigenvalue weighted by Crippen LogP contribution is 2.48. The van der Waals surface area contributed by atoms with Gasteiger partial charge in [0, 0.05) is 54.7 Å². The number of pyridine rings is 1. The van der Waals surface area contributed by atoms with E-state index < -0.39 is 0 Å². The zero-order chi connectivity index (χ0) is 46.6. The van der Waals surface area contributed by atoms with E-state index in [0.717, 1.165) is 104 Å². The van der Waals surface area contributed by atoms with Crippen LogP contribution in [0.4, 0.5) is 0 Å². The van der Waals surface area contributed by atoms with Gasteiger partial charge in [0.15, 0.2) is 17.5 Å². The third-order valence-corrected chi connectivity index (χ3v) is 14.5. The highest BCUT2D eigenvalue weighted by Gasteiger charge is 2.24. The van der Waals surface area contributed by atoms with Gasteiger partial charge in [0.25, 0.3) is 0 Å². The molecule has 0 radical (unpaired) electrons. The van der Waals surface area contributed by atoms with Crippen LogP contribution in [0.2, 0.25) is 0 Å². The predicted octanol–water partition coefficient (Wildman–Crippen LogP) is 17.6. The molecule has 15 rings (SSSR count). The Kier molecular flexibility index (Phi) is 8.59. The summed E-state index contributed by atoms with van der Waals surface area (Å²) in [6, 6.07) is 81.6. The molecule has 0 saturated heterocycles. The number of nitrogens with zero attached hydrogens (tertiary/aromatic N) is 4. The highest BCUT2D eigenvalue weighted by atomic mass is 16.3. The fourth-order valence-electron chi connectivity index (χ4n) is 11.3. The van der Waals surface area contributed by atoms with E-state index in [4.69, 9.17) is 24.4 Å². The minimum Gasteiger partial charge on any atom is -0.456 e. The summed E-state index contributed by atoms with van der Waals surface area (Å²) in [5.74, 6) is 1.82. The Bertz CT molecular complexity index is 4580. The van der Waals surface area contributed by atoms with Gasteiger partial charge in [-0.15, -0.1) is 0 Å². The minimum absolute atomic E-state index is 0.587. The smallest absolute Gasteiger partial charge is 0.164 e. The van der Waals surface area contributed by atoms with Gasteiger partial charge in [-0.1, -0.05) is 200 Å². The van der Waals surface area contributed by atoms with Gasteiger partial charge in [-0.3, -0.25) is 0 Å². The Balaban J connectivity index is 1.01. The average Bonchev–Trinajstić information content (AvgIpc) is 3.82. The molecule has 0 aliphatic rings. The lowest BCUT2D eigenvalue weighted by atomic mass is 9.88. The standard InChI is InChI=1S/C66H38N4O/c1-3-22-44-39(16-1)18-14-30-51(44)65-68-64(69-66(70-65)52-31-15-19-40-17-2-4-23-45(40)52)43-21-13-20-41(36-43)60-61-53-28-9-11-32-57(53)67-63(56(61)38-59-62(60)54-29-10-12-33-58(54)71-59)42-34-35-50-48-26-6-5-24-46(48)47-25-7-8-27-49(47)55(50)37-42/h1-38H. The second-order valence-corrected chi connectivity index (χ2v) is 18.4. The van der Waals surface area contributed by atoms with E-state index in [-0.39, 0.29) is 0 Å². The Labute approximate surface area is 407 Å². The minimum atomic E-state index is 0.587. The van der Waals surface area contributed by atoms with E-state index in [0.29, 0.717) is 17.5 Å². The summed E-state index contributed by atoms with van der Waals surface area (Å²) >= 11 is 0. The lowest BCUT2D eigenvalue weighted by Gasteiger charge is -2.17. The molecule has 3 aromatic heterocycles. The van der Waals surface area contributed by atoms with Crippen LogP contribution in [-0.2, 0) is 0 Å². The molecule has 0 bridgehead atoms. The number of para-hydroxylation sites is 2. The molecule has 0 aliphatic heterocycles. The first-order valence-electron chi connectivity index (χ1n) is 24.0. The number of hydrogen-bond acceptors (Lipinski definition) is 5. The van der Waals surface area contributed by atoms with Crippen LogP contribution in [0.3, 0.4) is 0 Å². The van der Waals surface area contributed by atoms with E-state index >= 15 is 0 Å². The molecule has 5 heteroatoms. The second-order valence-electron chi connectivity index (χ2n) is 18.4. The molecular formula is C66H38N4O.